The molecule has 1 saturated heterocycles. The molecule has 8 heteroatoms. The number of amides is 1. The van der Waals surface area contributed by atoms with E-state index in [2.05, 4.69) is 4.90 Å². The summed E-state index contributed by atoms with van der Waals surface area (Å²) < 4.78 is 41.3. The maximum Gasteiger partial charge on any atom is 0.244 e. The lowest BCUT2D eigenvalue weighted by Crippen LogP contribution is -2.53. The second-order valence-corrected chi connectivity index (χ2v) is 9.13. The monoisotopic (exact) mass is 370 g/mol. The number of hydrogen-bond donors (Lipinski definition) is 0. The summed E-state index contributed by atoms with van der Waals surface area (Å²) in [7, 11) is -1.94. The number of carbonyl (C=O) groups excluding carboxylic acids is 1. The third-order valence-corrected chi connectivity index (χ3v) is 7.09. The van der Waals surface area contributed by atoms with Crippen LogP contribution in [-0.2, 0) is 21.2 Å². The highest BCUT2D eigenvalue weighted by molar-refractivity contribution is 7.93. The fraction of sp³-hybridized carbons (Fsp3) is 0.588. The van der Waals surface area contributed by atoms with E-state index in [1.54, 1.807) is 11.0 Å². The molecule has 0 atom stereocenters. The summed E-state index contributed by atoms with van der Waals surface area (Å²) in [5, 5.41) is 0. The normalized spacial score (nSPS) is 20.4. The topological polar surface area (TPSA) is 66.9 Å². The predicted octanol–water partition coefficient (Wildman–Crippen LogP) is 1.06. The summed E-state index contributed by atoms with van der Waals surface area (Å²) in [4.78, 5) is 16.4. The Morgan fingerprint density at radius 2 is 1.88 bits per heavy atom. The van der Waals surface area contributed by atoms with Crippen LogP contribution in [0.5, 0.6) is 5.75 Å². The molecule has 1 aliphatic heterocycles. The quantitative estimate of drug-likeness (QED) is 0.775. The number of halogens is 1. The van der Waals surface area contributed by atoms with Gasteiger partial charge in [0.2, 0.25) is 5.91 Å². The van der Waals surface area contributed by atoms with Gasteiger partial charge < -0.3 is 9.64 Å². The number of rotatable bonds is 5. The number of benzene rings is 1. The first kappa shape index (κ1) is 18.1. The molecule has 1 aromatic rings. The van der Waals surface area contributed by atoms with Gasteiger partial charge in [0.05, 0.1) is 7.11 Å². The molecule has 0 aromatic heterocycles. The summed E-state index contributed by atoms with van der Waals surface area (Å²) in [5.41, 5.74) is 0.841. The van der Waals surface area contributed by atoms with Gasteiger partial charge in [0.25, 0.3) is 0 Å². The van der Waals surface area contributed by atoms with Gasteiger partial charge in [-0.15, -0.1) is 0 Å². The first-order valence-electron chi connectivity index (χ1n) is 8.30. The summed E-state index contributed by atoms with van der Waals surface area (Å²) in [6.45, 7) is 2.85. The highest BCUT2D eigenvalue weighted by Crippen LogP contribution is 2.44. The van der Waals surface area contributed by atoms with Crippen molar-refractivity contribution in [1.82, 2.24) is 9.80 Å². The second kappa shape index (κ2) is 6.57. The molecule has 3 rings (SSSR count). The number of sulfone groups is 1. The van der Waals surface area contributed by atoms with Crippen LogP contribution >= 0.6 is 0 Å². The van der Waals surface area contributed by atoms with Crippen molar-refractivity contribution in [2.24, 2.45) is 0 Å². The van der Waals surface area contributed by atoms with Gasteiger partial charge in [-0.1, -0.05) is 6.07 Å². The lowest BCUT2D eigenvalue weighted by Gasteiger charge is -2.36. The number of piperazine rings is 1. The molecule has 0 unspecified atom stereocenters. The molecule has 0 radical (unpaired) electrons. The zero-order valence-electron chi connectivity index (χ0n) is 14.5. The first-order valence-corrected chi connectivity index (χ1v) is 10.2. The molecular formula is C17H23FN2O4S. The smallest absolute Gasteiger partial charge is 0.244 e. The van der Waals surface area contributed by atoms with Crippen LogP contribution in [0.4, 0.5) is 4.39 Å². The van der Waals surface area contributed by atoms with Gasteiger partial charge in [-0.2, -0.15) is 0 Å². The number of carbonyl (C=O) groups is 1. The molecule has 1 aliphatic carbocycles. The zero-order valence-corrected chi connectivity index (χ0v) is 15.3. The molecule has 1 amide bonds. The Bertz CT molecular complexity index is 769. The van der Waals surface area contributed by atoms with Crippen molar-refractivity contribution in [3.8, 4) is 5.75 Å². The van der Waals surface area contributed by atoms with E-state index in [0.717, 1.165) is 11.8 Å². The summed E-state index contributed by atoms with van der Waals surface area (Å²) in [6.07, 6.45) is 2.00. The van der Waals surface area contributed by atoms with E-state index in [0.29, 0.717) is 45.6 Å². The third kappa shape index (κ3) is 3.50. The molecule has 1 heterocycles. The van der Waals surface area contributed by atoms with Gasteiger partial charge >= 0.3 is 0 Å². The van der Waals surface area contributed by atoms with Crippen LogP contribution in [0.3, 0.4) is 0 Å². The highest BCUT2D eigenvalue weighted by atomic mass is 32.2. The van der Waals surface area contributed by atoms with Crippen molar-refractivity contribution in [3.63, 3.8) is 0 Å². The standard InChI is InChI=1S/C17H23FN2O4S/c1-24-15-4-3-13(11-14(15)18)12-19-7-9-20(10-8-19)16(21)17(5-6-17)25(2,22)23/h3-4,11H,5-10,12H2,1-2H3. The van der Waals surface area contributed by atoms with Gasteiger partial charge in [-0.05, 0) is 30.5 Å². The van der Waals surface area contributed by atoms with Crippen LogP contribution in [0.15, 0.2) is 18.2 Å². The number of hydrogen-bond acceptors (Lipinski definition) is 5. The van der Waals surface area contributed by atoms with E-state index in [1.807, 2.05) is 6.07 Å². The Labute approximate surface area is 147 Å². The molecule has 1 aromatic carbocycles. The van der Waals surface area contributed by atoms with Gasteiger partial charge in [0.1, 0.15) is 0 Å². The zero-order chi connectivity index (χ0) is 18.2. The van der Waals surface area contributed by atoms with E-state index in [9.17, 15) is 17.6 Å². The van der Waals surface area contributed by atoms with Crippen LogP contribution in [0.25, 0.3) is 0 Å². The average molecular weight is 370 g/mol. The SMILES string of the molecule is COc1ccc(CN2CCN(C(=O)C3(S(C)(=O)=O)CC3)CC2)cc1F. The van der Waals surface area contributed by atoms with Crippen LogP contribution in [0.1, 0.15) is 18.4 Å². The highest BCUT2D eigenvalue weighted by Gasteiger charge is 2.60. The Morgan fingerprint density at radius 1 is 1.24 bits per heavy atom. The van der Waals surface area contributed by atoms with Crippen molar-refractivity contribution < 1.29 is 22.3 Å². The molecule has 2 aliphatic rings. The molecule has 6 nitrogen and oxygen atoms in total. The Hall–Kier alpha value is -1.67. The maximum absolute atomic E-state index is 13.8. The predicted molar refractivity (Wildman–Crippen MR) is 91.6 cm³/mol. The van der Waals surface area contributed by atoms with E-state index < -0.39 is 20.4 Å². The van der Waals surface area contributed by atoms with E-state index >= 15 is 0 Å². The van der Waals surface area contributed by atoms with Crippen molar-refractivity contribution in [3.05, 3.63) is 29.6 Å². The molecule has 138 valence electrons. The van der Waals surface area contributed by atoms with Crippen LogP contribution in [0, 0.1) is 5.82 Å². The second-order valence-electron chi connectivity index (χ2n) is 6.80. The van der Waals surface area contributed by atoms with E-state index in [1.165, 1.54) is 13.2 Å². The van der Waals surface area contributed by atoms with Crippen molar-refractivity contribution in [2.75, 3.05) is 39.5 Å². The third-order valence-electron chi connectivity index (χ3n) is 5.09. The largest absolute Gasteiger partial charge is 0.494 e. The lowest BCUT2D eigenvalue weighted by atomic mass is 10.1. The van der Waals surface area contributed by atoms with Gasteiger partial charge in [0.15, 0.2) is 26.2 Å². The molecule has 0 N–H and O–H groups in total. The minimum atomic E-state index is -3.37. The summed E-state index contributed by atoms with van der Waals surface area (Å²) in [6, 6.07) is 4.88. The number of nitrogens with zero attached hydrogens (tertiary/aromatic N) is 2. The Morgan fingerprint density at radius 3 is 2.36 bits per heavy atom. The minimum absolute atomic E-state index is 0.217. The van der Waals surface area contributed by atoms with Gasteiger partial charge in [-0.3, -0.25) is 9.69 Å². The fourth-order valence-corrected chi connectivity index (χ4v) is 4.61. The van der Waals surface area contributed by atoms with E-state index in [-0.39, 0.29) is 11.7 Å². The molecule has 25 heavy (non-hydrogen) atoms. The van der Waals surface area contributed by atoms with E-state index in [4.69, 9.17) is 4.74 Å². The Kier molecular flexibility index (Phi) is 4.76. The van der Waals surface area contributed by atoms with Crippen LogP contribution in [0.2, 0.25) is 0 Å². The van der Waals surface area contributed by atoms with Gasteiger partial charge in [0, 0.05) is 39.0 Å². The molecule has 2 fully saturated rings. The van der Waals surface area contributed by atoms with Crippen molar-refractivity contribution in [1.29, 1.82) is 0 Å². The number of ether oxygens (including phenoxy) is 1. The molecule has 0 spiro atoms. The first-order chi connectivity index (χ1) is 11.8. The Balaban J connectivity index is 1.57. The van der Waals surface area contributed by atoms with Crippen molar-refractivity contribution in [2.45, 2.75) is 24.1 Å². The molecular weight excluding hydrogens is 347 g/mol. The van der Waals surface area contributed by atoms with Crippen LogP contribution < -0.4 is 4.74 Å². The average Bonchev–Trinajstić information content (AvgIpc) is 3.37. The molecule has 1 saturated carbocycles. The summed E-state index contributed by atoms with van der Waals surface area (Å²) >= 11 is 0. The lowest BCUT2D eigenvalue weighted by molar-refractivity contribution is -0.133. The van der Waals surface area contributed by atoms with Crippen LogP contribution in [-0.4, -0.2) is 68.4 Å². The minimum Gasteiger partial charge on any atom is -0.494 e. The van der Waals surface area contributed by atoms with Crippen molar-refractivity contribution >= 4 is 15.7 Å². The fourth-order valence-electron chi connectivity index (χ4n) is 3.32. The number of methoxy groups -OCH3 is 1. The summed E-state index contributed by atoms with van der Waals surface area (Å²) in [5.74, 6) is -0.433. The molecule has 0 bridgehead atoms. The maximum atomic E-state index is 13.8. The van der Waals surface area contributed by atoms with Gasteiger partial charge in [-0.25, -0.2) is 12.8 Å².